The van der Waals surface area contributed by atoms with Crippen LogP contribution in [0.2, 0.25) is 0 Å². The van der Waals surface area contributed by atoms with Gasteiger partial charge in [-0.2, -0.15) is 0 Å². The normalized spacial score (nSPS) is 16.3. The van der Waals surface area contributed by atoms with Crippen molar-refractivity contribution >= 4 is 69.0 Å². The first-order valence-corrected chi connectivity index (χ1v) is 24.4. The maximum atomic E-state index is 14.2. The second-order valence-corrected chi connectivity index (χ2v) is 17.9. The van der Waals surface area contributed by atoms with E-state index in [2.05, 4.69) is 32.8 Å². The van der Waals surface area contributed by atoms with Gasteiger partial charge in [0.05, 0.1) is 31.9 Å². The summed E-state index contributed by atoms with van der Waals surface area (Å²) in [5, 5.41) is 13.3. The number of unbranched alkanes of at least 4 members (excludes halogenated alkanes) is 3. The first kappa shape index (κ1) is 49.5. The molecule has 3 heterocycles. The zero-order chi connectivity index (χ0) is 49.9. The summed E-state index contributed by atoms with van der Waals surface area (Å²) in [6.45, 7) is 3.94. The van der Waals surface area contributed by atoms with E-state index in [-0.39, 0.29) is 11.8 Å². The molecule has 8 rings (SSSR count). The molecule has 0 unspecified atom stereocenters. The SMILES string of the molecule is CCCCCCOc1ccc(Cn2c3cc(NC(=O)[C@@H]4CCCN4C(=O)[C@H](NC(=O)OC)c4ccccc4)ccc3c3ccc(NC(=O)[C@@H]4CCCN4C(=O)[C@H](NC(=O)OC)c4ccccc4)cc32)cc1. The van der Waals surface area contributed by atoms with Gasteiger partial charge in [0.25, 0.3) is 11.8 Å². The minimum Gasteiger partial charge on any atom is -0.494 e. The Bertz CT molecular complexity index is 2690. The van der Waals surface area contributed by atoms with Gasteiger partial charge in [-0.3, -0.25) is 19.2 Å². The molecule has 16 nitrogen and oxygen atoms in total. The monoisotopic (exact) mass is 963 g/mol. The first-order valence-electron chi connectivity index (χ1n) is 24.4. The minimum absolute atomic E-state index is 0.341. The van der Waals surface area contributed by atoms with Gasteiger partial charge >= 0.3 is 12.2 Å². The van der Waals surface area contributed by atoms with Gasteiger partial charge in [-0.1, -0.05) is 111 Å². The molecule has 2 fully saturated rings. The van der Waals surface area contributed by atoms with E-state index in [1.807, 2.05) is 72.8 Å². The van der Waals surface area contributed by atoms with Crippen LogP contribution in [0.25, 0.3) is 21.8 Å². The van der Waals surface area contributed by atoms with E-state index >= 15 is 0 Å². The molecule has 0 spiro atoms. The summed E-state index contributed by atoms with van der Waals surface area (Å²) < 4.78 is 17.9. The lowest BCUT2D eigenvalue weighted by Gasteiger charge is -2.28. The Morgan fingerprint density at radius 1 is 0.592 bits per heavy atom. The van der Waals surface area contributed by atoms with Gasteiger partial charge in [-0.15, -0.1) is 0 Å². The van der Waals surface area contributed by atoms with Crippen molar-refractivity contribution in [3.05, 3.63) is 138 Å². The van der Waals surface area contributed by atoms with Crippen molar-refractivity contribution in [2.24, 2.45) is 0 Å². The highest BCUT2D eigenvalue weighted by atomic mass is 16.5. The molecule has 2 aliphatic heterocycles. The van der Waals surface area contributed by atoms with Gasteiger partial charge in [0, 0.05) is 41.8 Å². The van der Waals surface area contributed by atoms with Crippen molar-refractivity contribution < 1.29 is 43.0 Å². The van der Waals surface area contributed by atoms with E-state index in [4.69, 9.17) is 14.2 Å². The lowest BCUT2D eigenvalue weighted by molar-refractivity contribution is -0.138. The third-order valence-corrected chi connectivity index (χ3v) is 13.3. The molecule has 6 aromatic rings. The van der Waals surface area contributed by atoms with E-state index in [1.165, 1.54) is 30.4 Å². The minimum atomic E-state index is -1.05. The Labute approximate surface area is 413 Å². The number of hydrogen-bond acceptors (Lipinski definition) is 9. The van der Waals surface area contributed by atoms with E-state index in [0.29, 0.717) is 74.4 Å². The van der Waals surface area contributed by atoms with Crippen molar-refractivity contribution in [3.63, 3.8) is 0 Å². The Balaban J connectivity index is 1.07. The number of likely N-dealkylation sites (tertiary alicyclic amines) is 2. The number of ether oxygens (including phenoxy) is 3. The summed E-state index contributed by atoms with van der Waals surface area (Å²) in [6, 6.07) is 33.5. The smallest absolute Gasteiger partial charge is 0.407 e. The van der Waals surface area contributed by atoms with Crippen LogP contribution in [0.3, 0.4) is 0 Å². The van der Waals surface area contributed by atoms with Crippen LogP contribution in [-0.2, 0) is 35.2 Å². The Kier molecular flexibility index (Phi) is 16.2. The highest BCUT2D eigenvalue weighted by molar-refractivity contribution is 6.11. The zero-order valence-electron chi connectivity index (χ0n) is 40.4. The number of fused-ring (bicyclic) bond motifs is 3. The highest BCUT2D eigenvalue weighted by Crippen LogP contribution is 2.35. The van der Waals surface area contributed by atoms with Crippen LogP contribution in [0.5, 0.6) is 5.75 Å². The Morgan fingerprint density at radius 3 is 1.52 bits per heavy atom. The molecule has 5 aromatic carbocycles. The summed E-state index contributed by atoms with van der Waals surface area (Å²) in [4.78, 5) is 84.4. The maximum Gasteiger partial charge on any atom is 0.407 e. The topological polar surface area (TPSA) is 190 Å². The van der Waals surface area contributed by atoms with Crippen LogP contribution in [0.4, 0.5) is 21.0 Å². The number of nitrogens with zero attached hydrogens (tertiary/aromatic N) is 3. The molecule has 0 bridgehead atoms. The van der Waals surface area contributed by atoms with Crippen LogP contribution in [0, 0.1) is 0 Å². The number of rotatable bonds is 18. The second-order valence-electron chi connectivity index (χ2n) is 17.9. The van der Waals surface area contributed by atoms with Crippen molar-refractivity contribution in [1.29, 1.82) is 0 Å². The highest BCUT2D eigenvalue weighted by Gasteiger charge is 2.40. The van der Waals surface area contributed by atoms with Gasteiger partial charge in [0.1, 0.15) is 29.9 Å². The largest absolute Gasteiger partial charge is 0.494 e. The number of nitrogens with one attached hydrogen (secondary N) is 4. The third kappa shape index (κ3) is 11.6. The maximum absolute atomic E-state index is 14.2. The molecular weight excluding hydrogens is 903 g/mol. The molecule has 1 aromatic heterocycles. The molecule has 16 heteroatoms. The van der Waals surface area contributed by atoms with Gasteiger partial charge in [-0.25, -0.2) is 9.59 Å². The molecule has 4 atom stereocenters. The fraction of sp³-hybridized carbons (Fsp3) is 0.345. The molecular formula is C55H61N7O9. The molecule has 0 aliphatic carbocycles. The van der Waals surface area contributed by atoms with Gasteiger partial charge in [0.15, 0.2) is 0 Å². The quantitative estimate of drug-likeness (QED) is 0.0610. The van der Waals surface area contributed by atoms with Crippen molar-refractivity contribution in [3.8, 4) is 5.75 Å². The van der Waals surface area contributed by atoms with E-state index in [9.17, 15) is 28.8 Å². The molecule has 0 saturated carbocycles. The molecule has 71 heavy (non-hydrogen) atoms. The number of hydrogen-bond donors (Lipinski definition) is 4. The zero-order valence-corrected chi connectivity index (χ0v) is 40.4. The average Bonchev–Trinajstić information content (AvgIpc) is 4.17. The number of amides is 6. The van der Waals surface area contributed by atoms with Crippen molar-refractivity contribution in [2.75, 3.05) is 44.5 Å². The van der Waals surface area contributed by atoms with E-state index in [0.717, 1.165) is 52.4 Å². The number of aromatic nitrogens is 1. The molecule has 2 aliphatic rings. The number of methoxy groups -OCH3 is 2. The fourth-order valence-corrected chi connectivity index (χ4v) is 9.62. The number of carbonyl (C=O) groups is 6. The predicted molar refractivity (Wildman–Crippen MR) is 271 cm³/mol. The van der Waals surface area contributed by atoms with E-state index < -0.39 is 48.2 Å². The van der Waals surface area contributed by atoms with E-state index in [1.54, 1.807) is 48.5 Å². The summed E-state index contributed by atoms with van der Waals surface area (Å²) in [5.74, 6) is -0.745. The summed E-state index contributed by atoms with van der Waals surface area (Å²) in [5.41, 5.74) is 4.82. The summed E-state index contributed by atoms with van der Waals surface area (Å²) in [7, 11) is 2.46. The molecule has 0 radical (unpaired) electrons. The number of carbonyl (C=O) groups excluding carboxylic acids is 6. The molecule has 2 saturated heterocycles. The molecule has 4 N–H and O–H groups in total. The summed E-state index contributed by atoms with van der Waals surface area (Å²) in [6.07, 6.45) is 5.00. The van der Waals surface area contributed by atoms with Crippen LogP contribution in [-0.4, -0.2) is 96.2 Å². The number of anilines is 2. The third-order valence-electron chi connectivity index (χ3n) is 13.3. The van der Waals surface area contributed by atoms with Gasteiger partial charge < -0.3 is 49.8 Å². The van der Waals surface area contributed by atoms with Gasteiger partial charge in [0.2, 0.25) is 11.8 Å². The van der Waals surface area contributed by atoms with Crippen molar-refractivity contribution in [1.82, 2.24) is 25.0 Å². The molecule has 370 valence electrons. The summed E-state index contributed by atoms with van der Waals surface area (Å²) >= 11 is 0. The average molecular weight is 964 g/mol. The van der Waals surface area contributed by atoms with Crippen LogP contribution < -0.4 is 26.0 Å². The number of benzene rings is 5. The number of alkyl carbamates (subject to hydrolysis) is 2. The second kappa shape index (κ2) is 23.2. The standard InChI is InChI=1S/C55H61N7O9/c1-4-5-6-13-32-71-41-26-22-36(23-27-41)35-62-46-33-39(56-50(63)44-20-14-30-60(44)52(65)48(58-54(67)69-2)37-16-9-7-10-17-37)24-28-42(46)43-29-25-40(34-47(43)62)57-51(64)45-21-15-31-61(45)53(66)49(59-55(68)70-3)38-18-11-8-12-19-38/h7-12,16-19,22-29,33-34,44-45,48-49H,4-6,13-15,20-21,30-32,35H2,1-3H3,(H,56,63)(H,57,64)(H,58,67)(H,59,68)/t44-,45-,48+,49+/m0/s1. The van der Waals surface area contributed by atoms with Crippen LogP contribution in [0.1, 0.15) is 87.1 Å². The van der Waals surface area contributed by atoms with Crippen molar-refractivity contribution in [2.45, 2.75) is 89.0 Å². The molecule has 6 amide bonds. The first-order chi connectivity index (χ1) is 34.6. The fourth-order valence-electron chi connectivity index (χ4n) is 9.62. The Morgan fingerprint density at radius 2 is 1.07 bits per heavy atom. The Hall–Kier alpha value is -7.88. The lowest BCUT2D eigenvalue weighted by atomic mass is 10.0. The predicted octanol–water partition coefficient (Wildman–Crippen LogP) is 8.86. The lowest BCUT2D eigenvalue weighted by Crippen LogP contribution is -2.48. The van der Waals surface area contributed by atoms with Gasteiger partial charge in [-0.05, 0) is 85.2 Å². The van der Waals surface area contributed by atoms with Crippen LogP contribution >= 0.6 is 0 Å². The van der Waals surface area contributed by atoms with Crippen LogP contribution in [0.15, 0.2) is 121 Å².